The molecule has 0 saturated carbocycles. The van der Waals surface area contributed by atoms with Gasteiger partial charge in [0, 0.05) is 42.3 Å². The number of carbonyl (C=O) groups excluding carboxylic acids is 1. The highest BCUT2D eigenvalue weighted by molar-refractivity contribution is 6.04. The van der Waals surface area contributed by atoms with E-state index in [2.05, 4.69) is 31.2 Å². The van der Waals surface area contributed by atoms with Crippen LogP contribution in [0.1, 0.15) is 12.1 Å². The van der Waals surface area contributed by atoms with Crippen molar-refractivity contribution in [2.45, 2.75) is 19.4 Å². The molecule has 9 heteroatoms. The molecule has 6 heterocycles. The number of anilines is 3. The molecule has 1 atom stereocenters. The maximum absolute atomic E-state index is 13.5. The zero-order chi connectivity index (χ0) is 22.4. The Kier molecular flexibility index (Phi) is 4.53. The average Bonchev–Trinajstić information content (AvgIpc) is 3.51. The van der Waals surface area contributed by atoms with Gasteiger partial charge in [0.15, 0.2) is 18.0 Å². The van der Waals surface area contributed by atoms with Gasteiger partial charge in [0.2, 0.25) is 0 Å². The van der Waals surface area contributed by atoms with Crippen molar-refractivity contribution in [3.8, 4) is 22.6 Å². The number of carbonyl (C=O) groups is 1. The normalized spacial score (nSPS) is 16.6. The number of amides is 2. The van der Waals surface area contributed by atoms with Crippen LogP contribution in [0.4, 0.5) is 22.1 Å². The topological polar surface area (TPSA) is 100 Å². The summed E-state index contributed by atoms with van der Waals surface area (Å²) in [4.78, 5) is 35.0. The second-order valence-corrected chi connectivity index (χ2v) is 8.21. The summed E-state index contributed by atoms with van der Waals surface area (Å²) >= 11 is 0. The minimum Gasteiger partial charge on any atom is -0.444 e. The van der Waals surface area contributed by atoms with Gasteiger partial charge in [-0.1, -0.05) is 0 Å². The summed E-state index contributed by atoms with van der Waals surface area (Å²) in [5, 5.41) is 2.95. The van der Waals surface area contributed by atoms with Crippen LogP contribution < -0.4 is 15.1 Å². The van der Waals surface area contributed by atoms with Crippen molar-refractivity contribution in [3.05, 3.63) is 67.1 Å². The van der Waals surface area contributed by atoms with Gasteiger partial charge >= 0.3 is 6.03 Å². The van der Waals surface area contributed by atoms with E-state index in [0.717, 1.165) is 47.7 Å². The Labute approximate surface area is 190 Å². The number of urea groups is 1. The molecule has 0 unspecified atom stereocenters. The van der Waals surface area contributed by atoms with Crippen LogP contribution in [-0.2, 0) is 0 Å². The summed E-state index contributed by atoms with van der Waals surface area (Å²) in [6.45, 7) is 3.64. The van der Waals surface area contributed by atoms with E-state index in [1.807, 2.05) is 31.2 Å². The smallest absolute Gasteiger partial charge is 0.329 e. The Morgan fingerprint density at radius 2 is 2.00 bits per heavy atom. The van der Waals surface area contributed by atoms with Crippen molar-refractivity contribution in [3.63, 3.8) is 0 Å². The molecule has 0 aromatic carbocycles. The lowest BCUT2D eigenvalue weighted by atomic mass is 10.1. The number of hydrogen-bond acceptors (Lipinski definition) is 7. The number of aryl methyl sites for hydroxylation is 1. The Morgan fingerprint density at radius 1 is 1.12 bits per heavy atom. The van der Waals surface area contributed by atoms with Crippen molar-refractivity contribution < 1.29 is 9.21 Å². The Bertz CT molecular complexity index is 1340. The van der Waals surface area contributed by atoms with Crippen molar-refractivity contribution in [1.82, 2.24) is 19.9 Å². The molecule has 2 aliphatic heterocycles. The van der Waals surface area contributed by atoms with Crippen molar-refractivity contribution in [2.75, 3.05) is 28.2 Å². The molecule has 33 heavy (non-hydrogen) atoms. The predicted octanol–water partition coefficient (Wildman–Crippen LogP) is 4.13. The lowest BCUT2D eigenvalue weighted by Gasteiger charge is -2.35. The van der Waals surface area contributed by atoms with Crippen LogP contribution in [-0.4, -0.2) is 45.1 Å². The molecule has 4 aromatic rings. The van der Waals surface area contributed by atoms with Crippen LogP contribution in [0.5, 0.6) is 0 Å². The monoisotopic (exact) mass is 439 g/mol. The number of aromatic nitrogens is 4. The molecule has 6 rings (SSSR count). The molecule has 2 aliphatic rings. The van der Waals surface area contributed by atoms with Gasteiger partial charge in [0.05, 0.1) is 23.6 Å². The summed E-state index contributed by atoms with van der Waals surface area (Å²) in [5.74, 6) is 1.72. The Balaban J connectivity index is 1.34. The zero-order valence-corrected chi connectivity index (χ0v) is 18.0. The summed E-state index contributed by atoms with van der Waals surface area (Å²) < 4.78 is 5.36. The third kappa shape index (κ3) is 3.47. The number of pyridine rings is 3. The van der Waals surface area contributed by atoms with E-state index in [1.165, 1.54) is 6.39 Å². The number of nitrogens with one attached hydrogen (secondary N) is 1. The Hall–Kier alpha value is -4.27. The number of fused-ring (bicyclic) bond motifs is 4. The lowest BCUT2D eigenvalue weighted by Crippen LogP contribution is -2.48. The molecule has 4 aromatic heterocycles. The van der Waals surface area contributed by atoms with E-state index in [9.17, 15) is 4.79 Å². The van der Waals surface area contributed by atoms with E-state index in [1.54, 1.807) is 29.6 Å². The minimum atomic E-state index is -0.249. The van der Waals surface area contributed by atoms with Crippen LogP contribution in [0.25, 0.3) is 22.6 Å². The van der Waals surface area contributed by atoms with Gasteiger partial charge in [-0.2, -0.15) is 0 Å². The van der Waals surface area contributed by atoms with E-state index in [-0.39, 0.29) is 12.1 Å². The SMILES string of the molecule is Cc1cc(-c2ccc3c(n2)N(C(=O)Nc2cc(-c4cnco4)ccn2)[C@@H]2CCN3C2)ccn1. The first-order valence-electron chi connectivity index (χ1n) is 10.8. The summed E-state index contributed by atoms with van der Waals surface area (Å²) in [6.07, 6.45) is 7.30. The van der Waals surface area contributed by atoms with Crippen LogP contribution in [0.15, 0.2) is 65.8 Å². The maximum Gasteiger partial charge on any atom is 0.329 e. The zero-order valence-electron chi connectivity index (χ0n) is 18.0. The highest BCUT2D eigenvalue weighted by atomic mass is 16.3. The second kappa shape index (κ2) is 7.70. The summed E-state index contributed by atoms with van der Waals surface area (Å²) in [6, 6.07) is 11.4. The molecule has 2 amide bonds. The number of nitrogens with zero attached hydrogens (tertiary/aromatic N) is 6. The van der Waals surface area contributed by atoms with Gasteiger partial charge in [0.1, 0.15) is 5.82 Å². The quantitative estimate of drug-likeness (QED) is 0.512. The molecule has 2 bridgehead atoms. The standard InChI is InChI=1S/C24H21N7O2/c1-15-10-16(4-7-26-15)19-2-3-20-23(28-19)31(18-6-9-30(20)13-18)24(32)29-22-11-17(5-8-27-22)21-12-25-14-33-21/h2-5,7-8,10-12,14,18H,6,9,13H2,1H3,(H,27,29,32)/t18-/m1/s1. The van der Waals surface area contributed by atoms with Crippen LogP contribution in [0, 0.1) is 6.92 Å². The van der Waals surface area contributed by atoms with Crippen LogP contribution >= 0.6 is 0 Å². The van der Waals surface area contributed by atoms with Gasteiger partial charge in [-0.05, 0) is 49.7 Å². The fourth-order valence-corrected chi connectivity index (χ4v) is 4.52. The first kappa shape index (κ1) is 19.4. The molecule has 0 spiro atoms. The largest absolute Gasteiger partial charge is 0.444 e. The third-order valence-electron chi connectivity index (χ3n) is 6.07. The Morgan fingerprint density at radius 3 is 2.85 bits per heavy atom. The van der Waals surface area contributed by atoms with E-state index in [4.69, 9.17) is 9.40 Å². The van der Waals surface area contributed by atoms with Crippen LogP contribution in [0.2, 0.25) is 0 Å². The minimum absolute atomic E-state index is 0.0527. The summed E-state index contributed by atoms with van der Waals surface area (Å²) in [5.41, 5.74) is 4.46. The van der Waals surface area contributed by atoms with Gasteiger partial charge in [0.25, 0.3) is 0 Å². The van der Waals surface area contributed by atoms with Gasteiger partial charge in [-0.3, -0.25) is 15.2 Å². The molecule has 1 N–H and O–H groups in total. The maximum atomic E-state index is 13.5. The first-order chi connectivity index (χ1) is 16.2. The predicted molar refractivity (Wildman–Crippen MR) is 124 cm³/mol. The first-order valence-corrected chi connectivity index (χ1v) is 10.8. The average molecular weight is 439 g/mol. The van der Waals surface area contributed by atoms with Gasteiger partial charge < -0.3 is 9.32 Å². The number of oxazole rings is 1. The third-order valence-corrected chi connectivity index (χ3v) is 6.07. The molecule has 0 radical (unpaired) electrons. The van der Waals surface area contributed by atoms with Crippen molar-refractivity contribution in [2.24, 2.45) is 0 Å². The molecule has 1 saturated heterocycles. The van der Waals surface area contributed by atoms with Crippen molar-refractivity contribution >= 4 is 23.4 Å². The van der Waals surface area contributed by atoms with E-state index in [0.29, 0.717) is 17.4 Å². The highest BCUT2D eigenvalue weighted by Gasteiger charge is 2.40. The fourth-order valence-electron chi connectivity index (χ4n) is 4.52. The van der Waals surface area contributed by atoms with Gasteiger partial charge in [-0.15, -0.1) is 0 Å². The molecular weight excluding hydrogens is 418 g/mol. The van der Waals surface area contributed by atoms with Crippen molar-refractivity contribution in [1.29, 1.82) is 0 Å². The van der Waals surface area contributed by atoms with E-state index >= 15 is 0 Å². The highest BCUT2D eigenvalue weighted by Crippen LogP contribution is 2.40. The molecular formula is C24H21N7O2. The number of rotatable bonds is 3. The molecule has 0 aliphatic carbocycles. The molecule has 164 valence electrons. The fraction of sp³-hybridized carbons (Fsp3) is 0.208. The second-order valence-electron chi connectivity index (χ2n) is 8.21. The lowest BCUT2D eigenvalue weighted by molar-refractivity contribution is 0.254. The number of hydrogen-bond donors (Lipinski definition) is 1. The molecule has 9 nitrogen and oxygen atoms in total. The van der Waals surface area contributed by atoms with E-state index < -0.39 is 0 Å². The molecule has 1 fully saturated rings. The summed E-state index contributed by atoms with van der Waals surface area (Å²) in [7, 11) is 0. The van der Waals surface area contributed by atoms with Crippen LogP contribution in [0.3, 0.4) is 0 Å². The van der Waals surface area contributed by atoms with Gasteiger partial charge in [-0.25, -0.2) is 19.7 Å².